The summed E-state index contributed by atoms with van der Waals surface area (Å²) in [5.41, 5.74) is 0.389. The molecule has 0 spiro atoms. The summed E-state index contributed by atoms with van der Waals surface area (Å²) in [6.45, 7) is 5.74. The minimum atomic E-state index is -4.30. The largest absolute Gasteiger partial charge is 0.463 e. The molecule has 1 aliphatic rings. The van der Waals surface area contributed by atoms with Crippen LogP contribution in [0.5, 0.6) is 0 Å². The predicted octanol–water partition coefficient (Wildman–Crippen LogP) is 0.889. The molecule has 2 rings (SSSR count). The van der Waals surface area contributed by atoms with Crippen molar-refractivity contribution in [2.45, 2.75) is 46.9 Å². The molecule has 1 amide bonds. The van der Waals surface area contributed by atoms with E-state index >= 15 is 0 Å². The minimum absolute atomic E-state index is 0.00732. The van der Waals surface area contributed by atoms with Crippen molar-refractivity contribution in [2.75, 3.05) is 13.2 Å². The summed E-state index contributed by atoms with van der Waals surface area (Å²) in [5, 5.41) is 2.50. The molecule has 0 saturated carbocycles. The van der Waals surface area contributed by atoms with Crippen molar-refractivity contribution < 1.29 is 31.2 Å². The van der Waals surface area contributed by atoms with Gasteiger partial charge in [0.15, 0.2) is 9.84 Å². The molecule has 2 N–H and O–H groups in total. The van der Waals surface area contributed by atoms with E-state index in [2.05, 4.69) is 10.1 Å². The topological polar surface area (TPSA) is 136 Å². The Morgan fingerprint density at radius 3 is 2.61 bits per heavy atom. The summed E-state index contributed by atoms with van der Waals surface area (Å²) < 4.78 is 56.3. The van der Waals surface area contributed by atoms with Crippen molar-refractivity contribution in [2.24, 2.45) is 0 Å². The molecule has 28 heavy (non-hydrogen) atoms. The first-order valence-electron chi connectivity index (χ1n) is 8.55. The number of hydrogen-bond donors (Lipinski definition) is 2. The fourth-order valence-corrected chi connectivity index (χ4v) is 7.67. The lowest BCUT2D eigenvalue weighted by molar-refractivity contribution is -0.137. The number of fused-ring (bicyclic) bond motifs is 1. The molecule has 0 aliphatic carbocycles. The molecule has 0 saturated heterocycles. The zero-order chi connectivity index (χ0) is 21.1. The number of esters is 1. The molecule has 0 fully saturated rings. The lowest BCUT2D eigenvalue weighted by Crippen LogP contribution is -2.33. The van der Waals surface area contributed by atoms with Crippen LogP contribution in [-0.2, 0) is 34.2 Å². The molecule has 12 heteroatoms. The molecule has 1 aliphatic heterocycles. The fourth-order valence-electron chi connectivity index (χ4n) is 2.72. The van der Waals surface area contributed by atoms with E-state index in [1.807, 2.05) is 6.92 Å². The molecule has 0 bridgehead atoms. The van der Waals surface area contributed by atoms with Crippen molar-refractivity contribution >= 4 is 43.1 Å². The molecular formula is C16H22N2O7S3. The summed E-state index contributed by atoms with van der Waals surface area (Å²) >= 11 is 0.611. The number of ether oxygens (including phenoxy) is 1. The average Bonchev–Trinajstić information content (AvgIpc) is 3.06. The highest BCUT2D eigenvalue weighted by Gasteiger charge is 2.39. The summed E-state index contributed by atoms with van der Waals surface area (Å²) in [6.07, 6.45) is 1.87. The molecule has 9 nitrogen and oxygen atoms in total. The predicted molar refractivity (Wildman–Crippen MR) is 103 cm³/mol. The number of sulfonamides is 1. The molecule has 0 radical (unpaired) electrons. The number of nitrogens with one attached hydrogen (secondary N) is 2. The van der Waals surface area contributed by atoms with Gasteiger partial charge in [0.1, 0.15) is 8.42 Å². The Hall–Kier alpha value is -1.76. The Bertz CT molecular complexity index is 993. The Morgan fingerprint density at radius 1 is 1.32 bits per heavy atom. The number of rotatable bonds is 7. The van der Waals surface area contributed by atoms with Gasteiger partial charge in [-0.2, -0.15) is 0 Å². The van der Waals surface area contributed by atoms with E-state index in [1.165, 1.54) is 6.07 Å². The van der Waals surface area contributed by atoms with Gasteiger partial charge in [-0.05, 0) is 32.9 Å². The highest BCUT2D eigenvalue weighted by atomic mass is 32.3. The standard InChI is InChI=1S/C16H22N2O7S3/c1-4-17-12-8-10(3)27(21,22)16-11(12)9-15(26-16)28(23,24)18-13(19)6-7-14(20)25-5-2/h6-7,9-10,12,17H,4-5,8H2,1-3H3,(H,18,19)/b7-6-/t10-,12-/m0/s1. The molecule has 2 atom stereocenters. The van der Waals surface area contributed by atoms with Crippen LogP contribution in [0.1, 0.15) is 38.8 Å². The highest BCUT2D eigenvalue weighted by molar-refractivity contribution is 7.95. The number of hydrogen-bond acceptors (Lipinski definition) is 9. The second-order valence-electron chi connectivity index (χ2n) is 6.06. The minimum Gasteiger partial charge on any atom is -0.463 e. The monoisotopic (exact) mass is 450 g/mol. The van der Waals surface area contributed by atoms with Gasteiger partial charge in [-0.25, -0.2) is 26.4 Å². The quantitative estimate of drug-likeness (QED) is 0.462. The first-order chi connectivity index (χ1) is 13.0. The van der Waals surface area contributed by atoms with Crippen molar-refractivity contribution in [3.63, 3.8) is 0 Å². The third-order valence-corrected chi connectivity index (χ3v) is 9.76. The zero-order valence-corrected chi connectivity index (χ0v) is 18.0. The maximum Gasteiger partial charge on any atom is 0.330 e. The van der Waals surface area contributed by atoms with Gasteiger partial charge < -0.3 is 10.1 Å². The number of carbonyl (C=O) groups is 2. The smallest absolute Gasteiger partial charge is 0.330 e. The number of sulfone groups is 1. The van der Waals surface area contributed by atoms with Crippen LogP contribution in [0.4, 0.5) is 0 Å². The van der Waals surface area contributed by atoms with E-state index in [-0.39, 0.29) is 21.1 Å². The van der Waals surface area contributed by atoms with Crippen molar-refractivity contribution in [1.29, 1.82) is 0 Å². The Morgan fingerprint density at radius 2 is 2.00 bits per heavy atom. The Labute approximate surface area is 168 Å². The molecular weight excluding hydrogens is 428 g/mol. The maximum absolute atomic E-state index is 12.6. The maximum atomic E-state index is 12.6. The Balaban J connectivity index is 2.32. The van der Waals surface area contributed by atoms with Crippen molar-refractivity contribution in [3.8, 4) is 0 Å². The van der Waals surface area contributed by atoms with Crippen LogP contribution in [0.15, 0.2) is 26.6 Å². The van der Waals surface area contributed by atoms with Crippen molar-refractivity contribution in [3.05, 3.63) is 23.8 Å². The first-order valence-corrected chi connectivity index (χ1v) is 12.4. The molecule has 1 aromatic heterocycles. The van der Waals surface area contributed by atoms with Crippen LogP contribution in [0.25, 0.3) is 0 Å². The van der Waals surface area contributed by atoms with Crippen LogP contribution in [-0.4, -0.2) is 47.1 Å². The van der Waals surface area contributed by atoms with Crippen molar-refractivity contribution in [1.82, 2.24) is 10.0 Å². The van der Waals surface area contributed by atoms with Gasteiger partial charge in [-0.15, -0.1) is 11.3 Å². The van der Waals surface area contributed by atoms with Gasteiger partial charge in [0.2, 0.25) is 0 Å². The van der Waals surface area contributed by atoms with Crippen LogP contribution in [0, 0.1) is 0 Å². The van der Waals surface area contributed by atoms with Gasteiger partial charge in [-0.1, -0.05) is 6.92 Å². The van der Waals surface area contributed by atoms with E-state index in [4.69, 9.17) is 0 Å². The van der Waals surface area contributed by atoms with Crippen LogP contribution >= 0.6 is 11.3 Å². The summed E-state index contributed by atoms with van der Waals surface area (Å²) in [7, 11) is -7.94. The lowest BCUT2D eigenvalue weighted by Gasteiger charge is -2.27. The van der Waals surface area contributed by atoms with E-state index in [0.717, 1.165) is 12.2 Å². The number of amides is 1. The van der Waals surface area contributed by atoms with E-state index in [0.29, 0.717) is 29.9 Å². The van der Waals surface area contributed by atoms with Crippen LogP contribution < -0.4 is 10.0 Å². The Kier molecular flexibility index (Phi) is 7.02. The van der Waals surface area contributed by atoms with Gasteiger partial charge in [-0.3, -0.25) is 4.79 Å². The normalized spacial score (nSPS) is 21.2. The fraction of sp³-hybridized carbons (Fsp3) is 0.500. The van der Waals surface area contributed by atoms with E-state index in [1.54, 1.807) is 18.6 Å². The summed E-state index contributed by atoms with van der Waals surface area (Å²) in [5.74, 6) is -1.82. The third kappa shape index (κ3) is 4.80. The zero-order valence-electron chi connectivity index (χ0n) is 15.6. The second kappa shape index (κ2) is 8.72. The number of carbonyl (C=O) groups excluding carboxylic acids is 2. The average molecular weight is 451 g/mol. The van der Waals surface area contributed by atoms with E-state index in [9.17, 15) is 26.4 Å². The van der Waals surface area contributed by atoms with Crippen LogP contribution in [0.2, 0.25) is 0 Å². The molecule has 0 unspecified atom stereocenters. The third-order valence-electron chi connectivity index (χ3n) is 4.04. The molecule has 0 aromatic carbocycles. The van der Waals surface area contributed by atoms with Gasteiger partial charge in [0.25, 0.3) is 15.9 Å². The molecule has 1 aromatic rings. The highest BCUT2D eigenvalue weighted by Crippen LogP contribution is 2.42. The molecule has 2 heterocycles. The first kappa shape index (κ1) is 22.5. The van der Waals surface area contributed by atoms with Gasteiger partial charge in [0.05, 0.1) is 11.9 Å². The van der Waals surface area contributed by atoms with E-state index < -0.39 is 37.0 Å². The lowest BCUT2D eigenvalue weighted by atomic mass is 10.1. The van der Waals surface area contributed by atoms with Gasteiger partial charge in [0, 0.05) is 23.8 Å². The number of thiophene rings is 1. The second-order valence-corrected chi connectivity index (χ2v) is 11.6. The van der Waals surface area contributed by atoms with Gasteiger partial charge >= 0.3 is 5.97 Å². The summed E-state index contributed by atoms with van der Waals surface area (Å²) in [6, 6.07) is 0.986. The summed E-state index contributed by atoms with van der Waals surface area (Å²) in [4.78, 5) is 23.0. The molecule has 156 valence electrons. The SMILES string of the molecule is CCN[C@H]1C[C@H](C)S(=O)(=O)c2sc(S(=O)(=O)NC(=O)/C=C\C(=O)OCC)cc21. The van der Waals surface area contributed by atoms with Crippen LogP contribution in [0.3, 0.4) is 0 Å².